The van der Waals surface area contributed by atoms with Gasteiger partial charge in [-0.2, -0.15) is 13.2 Å². The molecule has 338 valence electrons. The molecular formula is C50H59F6N5O2. The lowest BCUT2D eigenvalue weighted by Crippen LogP contribution is -2.36. The number of alkyl halides is 6. The number of rotatable bonds is 11. The standard InChI is InChI=1S/C50H59F6N5O2/c1-30-24-39(30)32-6-4-31(5-7-32)29-62-41-26-48(2,3)25-40-43(41)42(33-12-18-49(52,53)19-13-33)44(45(51)34-8-10-36(11-9-34)50(54,55)56)46(60-40)35-16-22-61(23-17-35)47-58-27-38(28-59-47)63-37-14-20-57-21-15-37/h4-11,27-28,30,33,35,37,39,41,45,57H,12-26,29H2,1-3H3. The third-order valence-corrected chi connectivity index (χ3v) is 14.4. The first-order valence-corrected chi connectivity index (χ1v) is 23.0. The molecule has 4 aromatic rings. The summed E-state index contributed by atoms with van der Waals surface area (Å²) in [5, 5.41) is 3.34. The van der Waals surface area contributed by atoms with Crippen LogP contribution in [0.4, 0.5) is 32.3 Å². The average Bonchev–Trinajstić information content (AvgIpc) is 4.01. The van der Waals surface area contributed by atoms with E-state index in [2.05, 4.69) is 65.2 Å². The van der Waals surface area contributed by atoms with Gasteiger partial charge in [0.2, 0.25) is 11.9 Å². The van der Waals surface area contributed by atoms with Crippen molar-refractivity contribution in [2.45, 2.75) is 146 Å². The fourth-order valence-electron chi connectivity index (χ4n) is 10.7. The zero-order chi connectivity index (χ0) is 44.1. The summed E-state index contributed by atoms with van der Waals surface area (Å²) in [5.74, 6) is -0.983. The van der Waals surface area contributed by atoms with Crippen LogP contribution in [-0.2, 0) is 23.9 Å². The zero-order valence-corrected chi connectivity index (χ0v) is 36.5. The second-order valence-electron chi connectivity index (χ2n) is 19.8. The molecule has 63 heavy (non-hydrogen) atoms. The molecule has 13 heteroatoms. The SMILES string of the molecule is CC1CC1c1ccc(COC2CC(C)(C)Cc3nc(C4CCN(c5ncc(OC6CCNCC6)cn5)CC4)c(C(F)c4ccc(C(F)(F)F)cc4)c(C4CCC(F)(F)CC4)c32)cc1. The molecule has 2 aromatic heterocycles. The Morgan fingerprint density at radius 3 is 2.13 bits per heavy atom. The highest BCUT2D eigenvalue weighted by molar-refractivity contribution is 5.51. The number of piperidine rings is 2. The molecule has 2 saturated heterocycles. The largest absolute Gasteiger partial charge is 0.487 e. The second-order valence-corrected chi connectivity index (χ2v) is 19.8. The number of ether oxygens (including phenoxy) is 2. The molecule has 4 fully saturated rings. The summed E-state index contributed by atoms with van der Waals surface area (Å²) in [4.78, 5) is 16.8. The molecule has 4 heterocycles. The smallest absolute Gasteiger partial charge is 0.416 e. The van der Waals surface area contributed by atoms with Gasteiger partial charge < -0.3 is 19.7 Å². The minimum atomic E-state index is -4.59. The van der Waals surface area contributed by atoms with Gasteiger partial charge in [0.25, 0.3) is 0 Å². The topological polar surface area (TPSA) is 72.4 Å². The van der Waals surface area contributed by atoms with Gasteiger partial charge in [-0.05, 0) is 128 Å². The van der Waals surface area contributed by atoms with Crippen molar-refractivity contribution < 1.29 is 35.8 Å². The van der Waals surface area contributed by atoms with E-state index in [0.29, 0.717) is 85.7 Å². The third kappa shape index (κ3) is 9.89. The Kier molecular flexibility index (Phi) is 12.3. The predicted molar refractivity (Wildman–Crippen MR) is 230 cm³/mol. The summed E-state index contributed by atoms with van der Waals surface area (Å²) in [6.45, 7) is 9.86. The van der Waals surface area contributed by atoms with Gasteiger partial charge in [-0.3, -0.25) is 4.98 Å². The number of pyridine rings is 1. The van der Waals surface area contributed by atoms with Crippen molar-refractivity contribution in [1.82, 2.24) is 20.3 Å². The van der Waals surface area contributed by atoms with Crippen molar-refractivity contribution in [2.24, 2.45) is 11.3 Å². The summed E-state index contributed by atoms with van der Waals surface area (Å²) >= 11 is 0. The van der Waals surface area contributed by atoms with E-state index in [-0.39, 0.29) is 48.7 Å². The number of fused-ring (bicyclic) bond motifs is 1. The Hall–Kier alpha value is -4.23. The fourth-order valence-corrected chi connectivity index (χ4v) is 10.7. The normalized spacial score (nSPS) is 24.8. The number of hydrogen-bond acceptors (Lipinski definition) is 7. The Bertz CT molecular complexity index is 2190. The van der Waals surface area contributed by atoms with Crippen LogP contribution in [0.2, 0.25) is 0 Å². The van der Waals surface area contributed by atoms with Gasteiger partial charge in [-0.1, -0.05) is 57.2 Å². The van der Waals surface area contributed by atoms with E-state index in [1.807, 2.05) is 0 Å². The van der Waals surface area contributed by atoms with Crippen LogP contribution in [0.1, 0.15) is 165 Å². The van der Waals surface area contributed by atoms with Crippen molar-refractivity contribution in [1.29, 1.82) is 0 Å². The van der Waals surface area contributed by atoms with Gasteiger partial charge in [0.1, 0.15) is 6.10 Å². The fraction of sp³-hybridized carbons (Fsp3) is 0.580. The van der Waals surface area contributed by atoms with E-state index in [0.717, 1.165) is 54.9 Å². The molecule has 9 rings (SSSR count). The molecule has 5 aliphatic rings. The van der Waals surface area contributed by atoms with Crippen molar-refractivity contribution >= 4 is 5.95 Å². The minimum absolute atomic E-state index is 0.0738. The van der Waals surface area contributed by atoms with Gasteiger partial charge in [-0.15, -0.1) is 0 Å². The van der Waals surface area contributed by atoms with Crippen molar-refractivity contribution in [3.8, 4) is 5.75 Å². The van der Waals surface area contributed by atoms with Crippen LogP contribution in [-0.4, -0.2) is 53.2 Å². The molecule has 4 unspecified atom stereocenters. The molecule has 0 radical (unpaired) electrons. The molecule has 0 bridgehead atoms. The molecule has 2 aliphatic heterocycles. The first-order chi connectivity index (χ1) is 30.1. The number of halogens is 6. The number of nitrogens with zero attached hydrogens (tertiary/aromatic N) is 4. The first kappa shape index (κ1) is 44.0. The molecule has 1 N–H and O–H groups in total. The number of hydrogen-bond donors (Lipinski definition) is 1. The van der Waals surface area contributed by atoms with Gasteiger partial charge in [0.05, 0.1) is 36.4 Å². The van der Waals surface area contributed by atoms with Crippen LogP contribution in [0.15, 0.2) is 60.9 Å². The molecule has 4 atom stereocenters. The van der Waals surface area contributed by atoms with Crippen LogP contribution >= 0.6 is 0 Å². The Morgan fingerprint density at radius 1 is 0.857 bits per heavy atom. The van der Waals surface area contributed by atoms with E-state index >= 15 is 4.39 Å². The highest BCUT2D eigenvalue weighted by atomic mass is 19.4. The summed E-state index contributed by atoms with van der Waals surface area (Å²) in [6, 6.07) is 12.8. The molecule has 2 aromatic carbocycles. The quantitative estimate of drug-likeness (QED) is 0.151. The molecule has 7 nitrogen and oxygen atoms in total. The Balaban J connectivity index is 1.08. The number of nitrogens with one attached hydrogen (secondary N) is 1. The van der Waals surface area contributed by atoms with E-state index < -0.39 is 35.9 Å². The third-order valence-electron chi connectivity index (χ3n) is 14.4. The minimum Gasteiger partial charge on any atom is -0.487 e. The molecule has 3 aliphatic carbocycles. The maximum Gasteiger partial charge on any atom is 0.416 e. The van der Waals surface area contributed by atoms with E-state index in [1.54, 1.807) is 12.4 Å². The van der Waals surface area contributed by atoms with Crippen LogP contribution < -0.4 is 15.0 Å². The second kappa shape index (κ2) is 17.6. The van der Waals surface area contributed by atoms with E-state index in [4.69, 9.17) is 14.5 Å². The van der Waals surface area contributed by atoms with Crippen LogP contribution in [0.5, 0.6) is 5.75 Å². The van der Waals surface area contributed by atoms with Gasteiger partial charge in [0, 0.05) is 48.7 Å². The average molecular weight is 876 g/mol. The Labute approximate surface area is 366 Å². The van der Waals surface area contributed by atoms with Crippen LogP contribution in [0.25, 0.3) is 0 Å². The predicted octanol–water partition coefficient (Wildman–Crippen LogP) is 12.1. The summed E-state index contributed by atoms with van der Waals surface area (Å²) < 4.78 is 102. The summed E-state index contributed by atoms with van der Waals surface area (Å²) in [5.41, 5.74) is 4.43. The van der Waals surface area contributed by atoms with Crippen molar-refractivity contribution in [2.75, 3.05) is 31.1 Å². The van der Waals surface area contributed by atoms with Gasteiger partial charge in [-0.25, -0.2) is 23.1 Å². The first-order valence-electron chi connectivity index (χ1n) is 23.0. The Morgan fingerprint density at radius 2 is 1.51 bits per heavy atom. The molecule has 0 spiro atoms. The number of anilines is 1. The van der Waals surface area contributed by atoms with E-state index in [1.165, 1.54) is 24.1 Å². The maximum absolute atomic E-state index is 17.9. The molecule has 0 amide bonds. The van der Waals surface area contributed by atoms with Crippen molar-refractivity contribution in [3.05, 3.63) is 111 Å². The summed E-state index contributed by atoms with van der Waals surface area (Å²) in [7, 11) is 0. The lowest BCUT2D eigenvalue weighted by atomic mass is 9.68. The highest BCUT2D eigenvalue weighted by Gasteiger charge is 2.45. The van der Waals surface area contributed by atoms with Gasteiger partial charge in [0.15, 0.2) is 11.9 Å². The molecular weight excluding hydrogens is 817 g/mol. The summed E-state index contributed by atoms with van der Waals surface area (Å²) in [6.07, 6.45) is 1.67. The lowest BCUT2D eigenvalue weighted by molar-refractivity contribution is -0.137. The lowest BCUT2D eigenvalue weighted by Gasteiger charge is -2.42. The van der Waals surface area contributed by atoms with Crippen LogP contribution in [0.3, 0.4) is 0 Å². The van der Waals surface area contributed by atoms with Gasteiger partial charge >= 0.3 is 6.18 Å². The number of benzene rings is 2. The van der Waals surface area contributed by atoms with Crippen molar-refractivity contribution in [3.63, 3.8) is 0 Å². The zero-order valence-electron chi connectivity index (χ0n) is 36.5. The highest BCUT2D eigenvalue weighted by Crippen LogP contribution is 2.54. The maximum atomic E-state index is 17.9. The van der Waals surface area contributed by atoms with Crippen LogP contribution in [0, 0.1) is 11.3 Å². The van der Waals surface area contributed by atoms with E-state index in [9.17, 15) is 22.0 Å². The number of aromatic nitrogens is 3. The molecule has 2 saturated carbocycles. The monoisotopic (exact) mass is 875 g/mol.